The van der Waals surface area contributed by atoms with Crippen LogP contribution < -0.4 is 4.90 Å². The predicted octanol–water partition coefficient (Wildman–Crippen LogP) is 14.5. The molecule has 0 saturated heterocycles. The molecule has 0 fully saturated rings. The second-order valence-electron chi connectivity index (χ2n) is 14.4. The van der Waals surface area contributed by atoms with Gasteiger partial charge in [-0.3, -0.25) is 0 Å². The summed E-state index contributed by atoms with van der Waals surface area (Å²) in [4.78, 5) is 17.4. The molecule has 0 amide bonds. The van der Waals surface area contributed by atoms with Crippen molar-refractivity contribution in [1.82, 2.24) is 15.0 Å². The topological polar surface area (TPSA) is 68.2 Å². The molecule has 4 heterocycles. The lowest BCUT2D eigenvalue weighted by atomic mass is 10.0. The molecule has 8 aromatic carbocycles. The van der Waals surface area contributed by atoms with Gasteiger partial charge in [0, 0.05) is 81.5 Å². The van der Waals surface area contributed by atoms with Crippen molar-refractivity contribution < 1.29 is 8.83 Å². The van der Waals surface area contributed by atoms with Crippen molar-refractivity contribution in [2.45, 2.75) is 0 Å². The largest absolute Gasteiger partial charge is 0.456 e. The summed E-state index contributed by atoms with van der Waals surface area (Å²) in [6.45, 7) is 0. The lowest BCUT2D eigenvalue weighted by Gasteiger charge is -2.25. The Hall–Kier alpha value is -7.61. The molecule has 0 spiro atoms. The molecule has 272 valence electrons. The van der Waals surface area contributed by atoms with Gasteiger partial charge in [-0.25, -0.2) is 15.0 Å². The van der Waals surface area contributed by atoms with Crippen LogP contribution in [0.1, 0.15) is 0 Å². The Balaban J connectivity index is 1.05. The number of furan rings is 2. The van der Waals surface area contributed by atoms with Gasteiger partial charge in [0.2, 0.25) is 0 Å². The molecule has 0 aliphatic heterocycles. The van der Waals surface area contributed by atoms with Gasteiger partial charge in [0.1, 0.15) is 22.3 Å². The maximum atomic E-state index is 6.72. The molecule has 0 bridgehead atoms. The Labute approximate surface area is 335 Å². The normalized spacial score (nSPS) is 11.8. The maximum Gasteiger partial charge on any atom is 0.164 e. The van der Waals surface area contributed by atoms with Gasteiger partial charge in [0.25, 0.3) is 0 Å². The Kier molecular flexibility index (Phi) is 7.30. The molecular formula is C51H30N4O2S. The first kappa shape index (κ1) is 32.6. The van der Waals surface area contributed by atoms with Crippen LogP contribution in [0.15, 0.2) is 191 Å². The van der Waals surface area contributed by atoms with E-state index in [9.17, 15) is 0 Å². The van der Waals surface area contributed by atoms with Gasteiger partial charge < -0.3 is 13.7 Å². The molecule has 0 aliphatic carbocycles. The van der Waals surface area contributed by atoms with Gasteiger partial charge in [-0.1, -0.05) is 115 Å². The Morgan fingerprint density at radius 1 is 0.362 bits per heavy atom. The Bertz CT molecular complexity index is 3480. The summed E-state index contributed by atoms with van der Waals surface area (Å²) in [6.07, 6.45) is 0. The van der Waals surface area contributed by atoms with E-state index in [2.05, 4.69) is 102 Å². The maximum absolute atomic E-state index is 6.72. The minimum Gasteiger partial charge on any atom is -0.456 e. The number of anilines is 3. The van der Waals surface area contributed by atoms with Gasteiger partial charge in [-0.2, -0.15) is 0 Å². The van der Waals surface area contributed by atoms with E-state index in [4.69, 9.17) is 23.8 Å². The van der Waals surface area contributed by atoms with Crippen LogP contribution in [0.4, 0.5) is 17.1 Å². The van der Waals surface area contributed by atoms with Crippen LogP contribution >= 0.6 is 11.3 Å². The average Bonchev–Trinajstić information content (AvgIpc) is 3.97. The smallest absolute Gasteiger partial charge is 0.164 e. The zero-order valence-electron chi connectivity index (χ0n) is 30.8. The third kappa shape index (κ3) is 5.29. The van der Waals surface area contributed by atoms with Crippen molar-refractivity contribution in [2.75, 3.05) is 4.90 Å². The standard InChI is InChI=1S/C51H30N4O2S/c1-3-12-31(13-4-1)49-52-50(32-14-5-2-6-15-32)54-51(53-49)40-18-11-20-44-48(40)39-26-23-34(29-45(39)57-44)55(33-24-27-43-41(28-33)36-16-7-9-19-42(36)56-43)35-22-25-38-37-17-8-10-21-46(37)58-47(38)30-35/h1-30H. The van der Waals surface area contributed by atoms with Crippen LogP contribution in [0, 0.1) is 0 Å². The summed E-state index contributed by atoms with van der Waals surface area (Å²) in [5.41, 5.74) is 9.02. The zero-order valence-corrected chi connectivity index (χ0v) is 31.7. The molecule has 0 aliphatic rings. The number of aromatic nitrogens is 3. The van der Waals surface area contributed by atoms with Crippen molar-refractivity contribution >= 4 is 92.4 Å². The molecule has 6 nitrogen and oxygen atoms in total. The Morgan fingerprint density at radius 2 is 0.931 bits per heavy atom. The molecule has 0 N–H and O–H groups in total. The van der Waals surface area contributed by atoms with Crippen molar-refractivity contribution in [3.63, 3.8) is 0 Å². The van der Waals surface area contributed by atoms with Gasteiger partial charge in [0.05, 0.1) is 0 Å². The Morgan fingerprint density at radius 3 is 1.72 bits per heavy atom. The van der Waals surface area contributed by atoms with Crippen LogP contribution in [0.2, 0.25) is 0 Å². The van der Waals surface area contributed by atoms with E-state index in [1.807, 2.05) is 96.3 Å². The fourth-order valence-electron chi connectivity index (χ4n) is 8.22. The number of hydrogen-bond donors (Lipinski definition) is 0. The lowest BCUT2D eigenvalue weighted by molar-refractivity contribution is 0.668. The number of fused-ring (bicyclic) bond motifs is 9. The molecule has 4 aromatic heterocycles. The molecule has 0 atom stereocenters. The van der Waals surface area contributed by atoms with Gasteiger partial charge in [-0.05, 0) is 60.7 Å². The van der Waals surface area contributed by atoms with Gasteiger partial charge in [-0.15, -0.1) is 11.3 Å². The first-order valence-electron chi connectivity index (χ1n) is 19.2. The minimum absolute atomic E-state index is 0.587. The summed E-state index contributed by atoms with van der Waals surface area (Å²) < 4.78 is 15.5. The van der Waals surface area contributed by atoms with Crippen molar-refractivity contribution in [2.24, 2.45) is 0 Å². The number of nitrogens with zero attached hydrogens (tertiary/aromatic N) is 4. The highest BCUT2D eigenvalue weighted by Crippen LogP contribution is 2.44. The van der Waals surface area contributed by atoms with Crippen molar-refractivity contribution in [3.8, 4) is 34.2 Å². The van der Waals surface area contributed by atoms with Crippen molar-refractivity contribution in [1.29, 1.82) is 0 Å². The predicted molar refractivity (Wildman–Crippen MR) is 238 cm³/mol. The van der Waals surface area contributed by atoms with Crippen LogP contribution in [0.25, 0.3) is 98.2 Å². The molecule has 58 heavy (non-hydrogen) atoms. The molecule has 0 unspecified atom stereocenters. The zero-order chi connectivity index (χ0) is 38.2. The first-order valence-corrected chi connectivity index (χ1v) is 20.0. The highest BCUT2D eigenvalue weighted by Gasteiger charge is 2.21. The first-order chi connectivity index (χ1) is 28.7. The van der Waals surface area contributed by atoms with E-state index in [0.717, 1.165) is 77.6 Å². The van der Waals surface area contributed by atoms with Crippen LogP contribution in [-0.4, -0.2) is 15.0 Å². The summed E-state index contributed by atoms with van der Waals surface area (Å²) in [5.74, 6) is 1.82. The highest BCUT2D eigenvalue weighted by molar-refractivity contribution is 7.25. The number of rotatable bonds is 6. The van der Waals surface area contributed by atoms with E-state index < -0.39 is 0 Å². The van der Waals surface area contributed by atoms with Crippen molar-refractivity contribution in [3.05, 3.63) is 182 Å². The molecule has 12 rings (SSSR count). The fourth-order valence-corrected chi connectivity index (χ4v) is 9.36. The van der Waals surface area contributed by atoms with E-state index in [1.54, 1.807) is 0 Å². The molecule has 12 aromatic rings. The van der Waals surface area contributed by atoms with Crippen LogP contribution in [0.5, 0.6) is 0 Å². The minimum atomic E-state index is 0.587. The second kappa shape index (κ2) is 13.0. The molecule has 0 saturated carbocycles. The SMILES string of the molecule is c1ccc(-c2nc(-c3ccccc3)nc(-c3cccc4oc5cc(N(c6ccc7c(c6)sc6ccccc67)c6ccc7oc8ccccc8c7c6)ccc5c34)n2)cc1. The van der Waals surface area contributed by atoms with Gasteiger partial charge >= 0.3 is 0 Å². The molecule has 7 heteroatoms. The number of para-hydroxylation sites is 1. The second-order valence-corrected chi connectivity index (χ2v) is 15.5. The van der Waals surface area contributed by atoms with E-state index in [1.165, 1.54) is 20.2 Å². The third-order valence-corrected chi connectivity index (χ3v) is 12.1. The summed E-state index contributed by atoms with van der Waals surface area (Å²) in [7, 11) is 0. The summed E-state index contributed by atoms with van der Waals surface area (Å²) in [6, 6.07) is 62.7. The van der Waals surface area contributed by atoms with Crippen LogP contribution in [-0.2, 0) is 0 Å². The van der Waals surface area contributed by atoms with E-state index >= 15 is 0 Å². The van der Waals surface area contributed by atoms with Crippen LogP contribution in [0.3, 0.4) is 0 Å². The lowest BCUT2D eigenvalue weighted by Crippen LogP contribution is -2.09. The summed E-state index contributed by atoms with van der Waals surface area (Å²) in [5, 5.41) is 6.62. The summed E-state index contributed by atoms with van der Waals surface area (Å²) >= 11 is 1.82. The molecular weight excluding hydrogens is 733 g/mol. The highest BCUT2D eigenvalue weighted by atomic mass is 32.1. The van der Waals surface area contributed by atoms with E-state index in [-0.39, 0.29) is 0 Å². The number of hydrogen-bond acceptors (Lipinski definition) is 7. The number of thiophene rings is 1. The third-order valence-electron chi connectivity index (χ3n) is 10.9. The molecule has 0 radical (unpaired) electrons. The van der Waals surface area contributed by atoms with E-state index in [0.29, 0.717) is 17.5 Å². The quantitative estimate of drug-likeness (QED) is 0.168. The fraction of sp³-hybridized carbons (Fsp3) is 0. The van der Waals surface area contributed by atoms with Gasteiger partial charge in [0.15, 0.2) is 17.5 Å². The number of benzene rings is 8. The monoisotopic (exact) mass is 762 g/mol. The average molecular weight is 763 g/mol.